The van der Waals surface area contributed by atoms with Gasteiger partial charge in [-0.1, -0.05) is 18.7 Å². The van der Waals surface area contributed by atoms with Gasteiger partial charge in [-0.2, -0.15) is 5.26 Å². The van der Waals surface area contributed by atoms with Crippen LogP contribution in [0.5, 0.6) is 5.75 Å². The van der Waals surface area contributed by atoms with Crippen LogP contribution in [0.2, 0.25) is 0 Å². The third-order valence-electron chi connectivity index (χ3n) is 2.10. The van der Waals surface area contributed by atoms with E-state index in [1.807, 2.05) is 0 Å². The number of benzene rings is 1. The minimum Gasteiger partial charge on any atom is -0.465 e. The Hall–Kier alpha value is -2.87. The Morgan fingerprint density at radius 3 is 2.42 bits per heavy atom. The molecule has 0 atom stereocenters. The highest BCUT2D eigenvalue weighted by atomic mass is 16.5. The largest absolute Gasteiger partial charge is 0.465 e. The van der Waals surface area contributed by atoms with Crippen LogP contribution in [-0.2, 0) is 14.3 Å². The maximum Gasteiger partial charge on any atom is 0.348 e. The van der Waals surface area contributed by atoms with Crippen molar-refractivity contribution in [3.8, 4) is 11.8 Å². The molecule has 1 aromatic rings. The molecule has 0 aliphatic heterocycles. The zero-order chi connectivity index (χ0) is 14.3. The Labute approximate surface area is 110 Å². The minimum atomic E-state index is -0.704. The third-order valence-corrected chi connectivity index (χ3v) is 2.10. The Balaban J connectivity index is 2.90. The molecular weight excluding hydrogens is 246 g/mol. The Morgan fingerprint density at radius 2 is 1.95 bits per heavy atom. The summed E-state index contributed by atoms with van der Waals surface area (Å²) in [5, 5.41) is 8.79. The highest BCUT2D eigenvalue weighted by molar-refractivity contribution is 5.97. The van der Waals surface area contributed by atoms with Gasteiger partial charge in [-0.05, 0) is 23.8 Å². The van der Waals surface area contributed by atoms with E-state index in [4.69, 9.17) is 10.00 Å². The van der Waals surface area contributed by atoms with E-state index >= 15 is 0 Å². The van der Waals surface area contributed by atoms with Crippen LogP contribution in [0.3, 0.4) is 0 Å². The fraction of sp³-hybridized carbons (Fsp3) is 0.0714. The van der Waals surface area contributed by atoms with Gasteiger partial charge in [0.15, 0.2) is 0 Å². The molecule has 5 nitrogen and oxygen atoms in total. The van der Waals surface area contributed by atoms with Gasteiger partial charge in [0.05, 0.1) is 7.11 Å². The molecule has 0 aliphatic rings. The lowest BCUT2D eigenvalue weighted by atomic mass is 10.1. The molecule has 96 valence electrons. The number of hydrogen-bond donors (Lipinski definition) is 0. The van der Waals surface area contributed by atoms with E-state index < -0.39 is 11.9 Å². The fourth-order valence-corrected chi connectivity index (χ4v) is 1.20. The van der Waals surface area contributed by atoms with Gasteiger partial charge in [0.1, 0.15) is 17.4 Å². The first-order valence-electron chi connectivity index (χ1n) is 5.25. The molecule has 0 spiro atoms. The summed E-state index contributed by atoms with van der Waals surface area (Å²) in [7, 11) is 1.20. The van der Waals surface area contributed by atoms with E-state index in [9.17, 15) is 9.59 Å². The van der Waals surface area contributed by atoms with Crippen LogP contribution in [0.25, 0.3) is 6.08 Å². The number of hydrogen-bond acceptors (Lipinski definition) is 5. The molecule has 0 fully saturated rings. The van der Waals surface area contributed by atoms with Gasteiger partial charge in [0, 0.05) is 6.08 Å². The number of ether oxygens (including phenoxy) is 2. The van der Waals surface area contributed by atoms with Crippen molar-refractivity contribution in [2.45, 2.75) is 0 Å². The number of methoxy groups -OCH3 is 1. The van der Waals surface area contributed by atoms with Crippen molar-refractivity contribution in [2.75, 3.05) is 7.11 Å². The van der Waals surface area contributed by atoms with Crippen LogP contribution < -0.4 is 4.74 Å². The van der Waals surface area contributed by atoms with Crippen LogP contribution in [0, 0.1) is 11.3 Å². The van der Waals surface area contributed by atoms with Gasteiger partial charge < -0.3 is 9.47 Å². The Morgan fingerprint density at radius 1 is 1.32 bits per heavy atom. The summed E-state index contributed by atoms with van der Waals surface area (Å²) in [5.41, 5.74) is 0.499. The number of carbonyl (C=O) groups excluding carboxylic acids is 2. The molecule has 0 radical (unpaired) electrons. The zero-order valence-electron chi connectivity index (χ0n) is 10.3. The Kier molecular flexibility index (Phi) is 5.05. The summed E-state index contributed by atoms with van der Waals surface area (Å²) in [4.78, 5) is 22.2. The summed E-state index contributed by atoms with van der Waals surface area (Å²) in [6.45, 7) is 3.28. The second-order valence-corrected chi connectivity index (χ2v) is 3.36. The smallest absolute Gasteiger partial charge is 0.348 e. The standard InChI is InChI=1S/C14H11NO4/c1-3-13(16)19-12-6-4-10(5-7-12)8-11(9-15)14(17)18-2/h3-8H,1H2,2H3. The lowest BCUT2D eigenvalue weighted by molar-refractivity contribution is -0.135. The fourth-order valence-electron chi connectivity index (χ4n) is 1.20. The van der Waals surface area contributed by atoms with Crippen molar-refractivity contribution in [3.05, 3.63) is 48.1 Å². The number of rotatable bonds is 4. The molecule has 0 saturated heterocycles. The van der Waals surface area contributed by atoms with Crippen LogP contribution in [0.15, 0.2) is 42.5 Å². The van der Waals surface area contributed by atoms with E-state index in [1.54, 1.807) is 30.3 Å². The molecule has 19 heavy (non-hydrogen) atoms. The zero-order valence-corrected chi connectivity index (χ0v) is 10.3. The van der Waals surface area contributed by atoms with Crippen LogP contribution in [-0.4, -0.2) is 19.0 Å². The van der Waals surface area contributed by atoms with E-state index in [2.05, 4.69) is 11.3 Å². The van der Waals surface area contributed by atoms with Crippen LogP contribution in [0.4, 0.5) is 0 Å². The monoisotopic (exact) mass is 257 g/mol. The van der Waals surface area contributed by atoms with E-state index in [-0.39, 0.29) is 5.57 Å². The molecule has 0 amide bonds. The third kappa shape index (κ3) is 4.13. The van der Waals surface area contributed by atoms with Crippen molar-refractivity contribution in [1.29, 1.82) is 5.26 Å². The first-order chi connectivity index (χ1) is 9.10. The van der Waals surface area contributed by atoms with Gasteiger partial charge in [0.25, 0.3) is 0 Å². The van der Waals surface area contributed by atoms with E-state index in [0.29, 0.717) is 11.3 Å². The number of carbonyl (C=O) groups is 2. The minimum absolute atomic E-state index is 0.113. The van der Waals surface area contributed by atoms with E-state index in [1.165, 1.54) is 13.2 Å². The van der Waals surface area contributed by atoms with Crippen LogP contribution >= 0.6 is 0 Å². The van der Waals surface area contributed by atoms with Gasteiger partial charge >= 0.3 is 11.9 Å². The SMILES string of the molecule is C=CC(=O)Oc1ccc(C=C(C#N)C(=O)OC)cc1. The average molecular weight is 257 g/mol. The summed E-state index contributed by atoms with van der Waals surface area (Å²) in [6, 6.07) is 8.03. The molecule has 0 saturated carbocycles. The molecule has 0 aromatic heterocycles. The summed E-state index contributed by atoms with van der Waals surface area (Å²) in [5.74, 6) is -0.918. The van der Waals surface area contributed by atoms with Gasteiger partial charge in [-0.25, -0.2) is 9.59 Å². The number of nitriles is 1. The highest BCUT2D eigenvalue weighted by Gasteiger charge is 2.08. The second kappa shape index (κ2) is 6.77. The van der Waals surface area contributed by atoms with Crippen molar-refractivity contribution >= 4 is 18.0 Å². The van der Waals surface area contributed by atoms with Crippen LogP contribution in [0.1, 0.15) is 5.56 Å². The molecule has 0 N–H and O–H groups in total. The van der Waals surface area contributed by atoms with Crippen molar-refractivity contribution in [1.82, 2.24) is 0 Å². The molecule has 0 heterocycles. The number of nitrogens with zero attached hydrogens (tertiary/aromatic N) is 1. The summed E-state index contributed by atoms with van der Waals surface area (Å²) >= 11 is 0. The maximum atomic E-state index is 11.2. The summed E-state index contributed by atoms with van der Waals surface area (Å²) in [6.07, 6.45) is 2.43. The predicted octanol–water partition coefficient (Wildman–Crippen LogP) is 1.86. The normalized spacial score (nSPS) is 10.2. The molecule has 1 rings (SSSR count). The van der Waals surface area contributed by atoms with Crippen molar-refractivity contribution < 1.29 is 19.1 Å². The number of esters is 2. The molecule has 0 bridgehead atoms. The van der Waals surface area contributed by atoms with Crippen molar-refractivity contribution in [3.63, 3.8) is 0 Å². The first kappa shape index (κ1) is 14.2. The maximum absolute atomic E-state index is 11.2. The molecule has 5 heteroatoms. The molecule has 0 aliphatic carbocycles. The van der Waals surface area contributed by atoms with Gasteiger partial charge in [0.2, 0.25) is 0 Å². The average Bonchev–Trinajstić information content (AvgIpc) is 2.45. The highest BCUT2D eigenvalue weighted by Crippen LogP contribution is 2.15. The Bertz CT molecular complexity index is 564. The molecule has 1 aromatic carbocycles. The molecular formula is C14H11NO4. The lowest BCUT2D eigenvalue weighted by Crippen LogP contribution is -2.03. The lowest BCUT2D eigenvalue weighted by Gasteiger charge is -2.01. The van der Waals surface area contributed by atoms with Gasteiger partial charge in [-0.3, -0.25) is 0 Å². The van der Waals surface area contributed by atoms with E-state index in [0.717, 1.165) is 6.08 Å². The quantitative estimate of drug-likeness (QED) is 0.356. The molecule has 0 unspecified atom stereocenters. The predicted molar refractivity (Wildman–Crippen MR) is 67.9 cm³/mol. The second-order valence-electron chi connectivity index (χ2n) is 3.36. The topological polar surface area (TPSA) is 76.4 Å². The van der Waals surface area contributed by atoms with Gasteiger partial charge in [-0.15, -0.1) is 0 Å². The van der Waals surface area contributed by atoms with Crippen molar-refractivity contribution in [2.24, 2.45) is 0 Å². The summed E-state index contributed by atoms with van der Waals surface area (Å²) < 4.78 is 9.34. The first-order valence-corrected chi connectivity index (χ1v) is 5.25.